The molecule has 0 saturated carbocycles. The first-order valence-corrected chi connectivity index (χ1v) is 6.96. The highest BCUT2D eigenvalue weighted by molar-refractivity contribution is 5.83. The molecule has 2 N–H and O–H groups in total. The molecular formula is C17H14N4O. The predicted molar refractivity (Wildman–Crippen MR) is 84.3 cm³/mol. The number of nitrogens with one attached hydrogen (secondary N) is 2. The van der Waals surface area contributed by atoms with Gasteiger partial charge in [-0.25, -0.2) is 4.98 Å². The Balaban J connectivity index is 1.73. The highest BCUT2D eigenvalue weighted by Crippen LogP contribution is 2.17. The van der Waals surface area contributed by atoms with Crippen molar-refractivity contribution in [2.24, 2.45) is 0 Å². The summed E-state index contributed by atoms with van der Waals surface area (Å²) in [7, 11) is 0. The second-order valence-electron chi connectivity index (χ2n) is 4.99. The number of nitrogens with zero attached hydrogens (tertiary/aromatic N) is 2. The Bertz CT molecular complexity index is 843. The van der Waals surface area contributed by atoms with Gasteiger partial charge >= 0.3 is 0 Å². The smallest absolute Gasteiger partial charge is 0.211 e. The molecule has 1 heterocycles. The van der Waals surface area contributed by atoms with Crippen LogP contribution >= 0.6 is 0 Å². The second-order valence-corrected chi connectivity index (χ2v) is 4.99. The molecule has 0 aliphatic heterocycles. The van der Waals surface area contributed by atoms with Gasteiger partial charge in [-0.05, 0) is 42.3 Å². The highest BCUT2D eigenvalue weighted by atomic mass is 16.1. The van der Waals surface area contributed by atoms with Gasteiger partial charge in [-0.15, -0.1) is 0 Å². The van der Waals surface area contributed by atoms with E-state index in [1.807, 2.05) is 42.5 Å². The summed E-state index contributed by atoms with van der Waals surface area (Å²) >= 11 is 0. The third kappa shape index (κ3) is 2.96. The SMILES string of the molecule is N#Cc1ccc(CCc2nc3ccc(NC=O)cc3[nH]2)cc1. The summed E-state index contributed by atoms with van der Waals surface area (Å²) in [6, 6.07) is 15.3. The molecule has 22 heavy (non-hydrogen) atoms. The number of amides is 1. The van der Waals surface area contributed by atoms with Crippen molar-refractivity contribution < 1.29 is 4.79 Å². The maximum atomic E-state index is 10.5. The molecule has 0 unspecified atom stereocenters. The predicted octanol–water partition coefficient (Wildman–Crippen LogP) is 2.79. The van der Waals surface area contributed by atoms with Crippen LogP contribution in [0.3, 0.4) is 0 Å². The van der Waals surface area contributed by atoms with Crippen LogP contribution in [0.1, 0.15) is 17.0 Å². The van der Waals surface area contributed by atoms with Gasteiger partial charge in [-0.3, -0.25) is 4.79 Å². The minimum absolute atomic E-state index is 0.656. The van der Waals surface area contributed by atoms with Crippen molar-refractivity contribution in [2.75, 3.05) is 5.32 Å². The lowest BCUT2D eigenvalue weighted by Crippen LogP contribution is -1.93. The molecule has 5 nitrogen and oxygen atoms in total. The average Bonchev–Trinajstić information content (AvgIpc) is 2.96. The van der Waals surface area contributed by atoms with Crippen LogP contribution in [0.5, 0.6) is 0 Å². The number of aromatic amines is 1. The zero-order chi connectivity index (χ0) is 15.4. The summed E-state index contributed by atoms with van der Waals surface area (Å²) in [4.78, 5) is 18.3. The van der Waals surface area contributed by atoms with Crippen LogP contribution in [0.15, 0.2) is 42.5 Å². The number of aromatic nitrogens is 2. The number of aryl methyl sites for hydroxylation is 2. The van der Waals surface area contributed by atoms with Gasteiger partial charge in [0.05, 0.1) is 22.7 Å². The fraction of sp³-hybridized carbons (Fsp3) is 0.118. The Morgan fingerprint density at radius 1 is 1.18 bits per heavy atom. The van der Waals surface area contributed by atoms with Crippen molar-refractivity contribution in [2.45, 2.75) is 12.8 Å². The summed E-state index contributed by atoms with van der Waals surface area (Å²) in [5, 5.41) is 11.4. The second kappa shape index (κ2) is 6.10. The minimum atomic E-state index is 0.656. The first kappa shape index (κ1) is 13.8. The van der Waals surface area contributed by atoms with E-state index in [0.717, 1.165) is 35.4 Å². The van der Waals surface area contributed by atoms with Crippen LogP contribution in [0, 0.1) is 11.3 Å². The van der Waals surface area contributed by atoms with E-state index < -0.39 is 0 Å². The van der Waals surface area contributed by atoms with E-state index in [1.165, 1.54) is 5.56 Å². The minimum Gasteiger partial charge on any atom is -0.342 e. The topological polar surface area (TPSA) is 81.6 Å². The van der Waals surface area contributed by atoms with Gasteiger partial charge < -0.3 is 10.3 Å². The number of carbonyl (C=O) groups is 1. The van der Waals surface area contributed by atoms with Gasteiger partial charge in [0, 0.05) is 12.1 Å². The van der Waals surface area contributed by atoms with Crippen LogP contribution in [-0.4, -0.2) is 16.4 Å². The molecule has 2 aromatic carbocycles. The zero-order valence-electron chi connectivity index (χ0n) is 11.8. The molecule has 108 valence electrons. The Morgan fingerprint density at radius 2 is 2.00 bits per heavy atom. The van der Waals surface area contributed by atoms with E-state index in [2.05, 4.69) is 21.4 Å². The van der Waals surface area contributed by atoms with Crippen LogP contribution < -0.4 is 5.32 Å². The summed E-state index contributed by atoms with van der Waals surface area (Å²) < 4.78 is 0. The molecule has 0 atom stereocenters. The number of H-pyrrole nitrogens is 1. The van der Waals surface area contributed by atoms with E-state index in [1.54, 1.807) is 0 Å². The molecule has 0 saturated heterocycles. The normalized spacial score (nSPS) is 10.3. The van der Waals surface area contributed by atoms with Gasteiger partial charge in [0.2, 0.25) is 6.41 Å². The van der Waals surface area contributed by atoms with Crippen molar-refractivity contribution in [3.63, 3.8) is 0 Å². The lowest BCUT2D eigenvalue weighted by molar-refractivity contribution is -0.105. The lowest BCUT2D eigenvalue weighted by atomic mass is 10.1. The molecule has 0 spiro atoms. The third-order valence-electron chi connectivity index (χ3n) is 3.49. The van der Waals surface area contributed by atoms with Crippen molar-refractivity contribution in [3.05, 3.63) is 59.4 Å². The maximum absolute atomic E-state index is 10.5. The lowest BCUT2D eigenvalue weighted by Gasteiger charge is -1.99. The Labute approximate surface area is 127 Å². The van der Waals surface area contributed by atoms with E-state index >= 15 is 0 Å². The summed E-state index contributed by atoms with van der Waals surface area (Å²) in [6.07, 6.45) is 2.30. The molecular weight excluding hydrogens is 276 g/mol. The number of hydrogen-bond acceptors (Lipinski definition) is 3. The van der Waals surface area contributed by atoms with E-state index in [4.69, 9.17) is 5.26 Å². The van der Waals surface area contributed by atoms with E-state index in [9.17, 15) is 4.79 Å². The number of anilines is 1. The molecule has 5 heteroatoms. The van der Waals surface area contributed by atoms with Crippen LogP contribution in [0.2, 0.25) is 0 Å². The molecule has 0 aliphatic rings. The van der Waals surface area contributed by atoms with Crippen LogP contribution in [0.25, 0.3) is 11.0 Å². The molecule has 0 fully saturated rings. The molecule has 3 aromatic rings. The molecule has 0 aliphatic carbocycles. The molecule has 0 radical (unpaired) electrons. The number of carbonyl (C=O) groups excluding carboxylic acids is 1. The standard InChI is InChI=1S/C17H14N4O/c18-10-13-3-1-12(2-4-13)5-8-17-20-15-7-6-14(19-11-22)9-16(15)21-17/h1-4,6-7,9,11H,5,8H2,(H,19,22)(H,20,21). The van der Waals surface area contributed by atoms with Gasteiger partial charge in [0.1, 0.15) is 5.82 Å². The molecule has 1 aromatic heterocycles. The number of hydrogen-bond donors (Lipinski definition) is 2. The Hall–Kier alpha value is -3.13. The van der Waals surface area contributed by atoms with Crippen LogP contribution in [-0.2, 0) is 17.6 Å². The van der Waals surface area contributed by atoms with Gasteiger partial charge in [0.15, 0.2) is 0 Å². The first-order valence-electron chi connectivity index (χ1n) is 6.96. The average molecular weight is 290 g/mol. The summed E-state index contributed by atoms with van der Waals surface area (Å²) in [5.41, 5.74) is 4.36. The van der Waals surface area contributed by atoms with Crippen molar-refractivity contribution in [1.29, 1.82) is 5.26 Å². The number of rotatable bonds is 5. The fourth-order valence-electron chi connectivity index (χ4n) is 2.35. The van der Waals surface area contributed by atoms with Crippen molar-refractivity contribution in [3.8, 4) is 6.07 Å². The van der Waals surface area contributed by atoms with Crippen molar-refractivity contribution >= 4 is 23.1 Å². The summed E-state index contributed by atoms with van der Waals surface area (Å²) in [6.45, 7) is 0. The van der Waals surface area contributed by atoms with Gasteiger partial charge in [0.25, 0.3) is 0 Å². The number of nitriles is 1. The molecule has 0 bridgehead atoms. The Kier molecular flexibility index (Phi) is 3.84. The first-order chi connectivity index (χ1) is 10.8. The number of fused-ring (bicyclic) bond motifs is 1. The largest absolute Gasteiger partial charge is 0.342 e. The molecule has 3 rings (SSSR count). The van der Waals surface area contributed by atoms with Crippen LogP contribution in [0.4, 0.5) is 5.69 Å². The zero-order valence-corrected chi connectivity index (χ0v) is 11.8. The Morgan fingerprint density at radius 3 is 2.73 bits per heavy atom. The fourth-order valence-corrected chi connectivity index (χ4v) is 2.35. The monoisotopic (exact) mass is 290 g/mol. The quantitative estimate of drug-likeness (QED) is 0.709. The van der Waals surface area contributed by atoms with Gasteiger partial charge in [-0.1, -0.05) is 12.1 Å². The summed E-state index contributed by atoms with van der Waals surface area (Å²) in [5.74, 6) is 0.905. The third-order valence-corrected chi connectivity index (χ3v) is 3.49. The number of imidazole rings is 1. The van der Waals surface area contributed by atoms with E-state index in [0.29, 0.717) is 12.0 Å². The maximum Gasteiger partial charge on any atom is 0.211 e. The van der Waals surface area contributed by atoms with Gasteiger partial charge in [-0.2, -0.15) is 5.26 Å². The highest BCUT2D eigenvalue weighted by Gasteiger charge is 2.04. The molecule has 1 amide bonds. The van der Waals surface area contributed by atoms with Crippen molar-refractivity contribution in [1.82, 2.24) is 9.97 Å². The van der Waals surface area contributed by atoms with E-state index in [-0.39, 0.29) is 0 Å². The number of benzene rings is 2.